The first-order valence-electron chi connectivity index (χ1n) is 6.90. The minimum absolute atomic E-state index is 0.0218. The molecule has 20 heavy (non-hydrogen) atoms. The number of piperidine rings is 1. The Balaban J connectivity index is 2.22. The summed E-state index contributed by atoms with van der Waals surface area (Å²) >= 11 is 0. The molecule has 0 radical (unpaired) electrons. The summed E-state index contributed by atoms with van der Waals surface area (Å²) in [7, 11) is 0. The van der Waals surface area contributed by atoms with E-state index in [1.54, 1.807) is 20.8 Å². The highest BCUT2D eigenvalue weighted by molar-refractivity contribution is 5.65. The van der Waals surface area contributed by atoms with Gasteiger partial charge in [0.15, 0.2) is 5.89 Å². The molecule has 1 saturated heterocycles. The van der Waals surface area contributed by atoms with Gasteiger partial charge in [0.2, 0.25) is 0 Å². The van der Waals surface area contributed by atoms with Crippen LogP contribution in [0.2, 0.25) is 0 Å². The Morgan fingerprint density at radius 1 is 1.45 bits per heavy atom. The van der Waals surface area contributed by atoms with Gasteiger partial charge in [0.25, 0.3) is 0 Å². The van der Waals surface area contributed by atoms with Gasteiger partial charge in [-0.15, -0.1) is 0 Å². The smallest absolute Gasteiger partial charge is 0.407 e. The predicted octanol–water partition coefficient (Wildman–Crippen LogP) is 2.46. The number of hydrogen-bond donors (Lipinski definition) is 2. The quantitative estimate of drug-likeness (QED) is 0.870. The minimum Gasteiger partial charge on any atom is -0.465 e. The number of likely N-dealkylation sites (tertiary alicyclic amines) is 1. The summed E-state index contributed by atoms with van der Waals surface area (Å²) < 4.78 is 5.65. The Hall–Kier alpha value is -1.56. The largest absolute Gasteiger partial charge is 0.465 e. The van der Waals surface area contributed by atoms with Crippen LogP contribution >= 0.6 is 0 Å². The third-order valence-electron chi connectivity index (χ3n) is 3.87. The standard InChI is InChI=1S/C14H22N2O4/c1-8-5-6-10(7-16(8)13(17)18)12-15-11(9(2)20-12)14(3,4)19/h8,10,19H,5-7H2,1-4H3,(H,17,18). The van der Waals surface area contributed by atoms with Crippen LogP contribution in [0.25, 0.3) is 0 Å². The van der Waals surface area contributed by atoms with Gasteiger partial charge in [0.1, 0.15) is 17.1 Å². The molecule has 1 aromatic heterocycles. The summed E-state index contributed by atoms with van der Waals surface area (Å²) in [4.78, 5) is 17.0. The summed E-state index contributed by atoms with van der Waals surface area (Å²) in [5.41, 5.74) is -0.534. The average molecular weight is 282 g/mol. The van der Waals surface area contributed by atoms with Crippen LogP contribution in [0.1, 0.15) is 56.9 Å². The zero-order valence-corrected chi connectivity index (χ0v) is 12.4. The Labute approximate surface area is 118 Å². The number of nitrogens with zero attached hydrogens (tertiary/aromatic N) is 2. The minimum atomic E-state index is -1.06. The van der Waals surface area contributed by atoms with Crippen LogP contribution < -0.4 is 0 Å². The zero-order chi connectivity index (χ0) is 15.1. The van der Waals surface area contributed by atoms with E-state index in [-0.39, 0.29) is 12.0 Å². The van der Waals surface area contributed by atoms with Crippen molar-refractivity contribution in [1.82, 2.24) is 9.88 Å². The van der Waals surface area contributed by atoms with E-state index in [4.69, 9.17) is 4.42 Å². The van der Waals surface area contributed by atoms with E-state index in [2.05, 4.69) is 4.98 Å². The summed E-state index contributed by atoms with van der Waals surface area (Å²) in [6.07, 6.45) is 0.722. The summed E-state index contributed by atoms with van der Waals surface area (Å²) in [6.45, 7) is 7.39. The molecular formula is C14H22N2O4. The van der Waals surface area contributed by atoms with Crippen molar-refractivity contribution in [1.29, 1.82) is 0 Å². The SMILES string of the molecule is Cc1oc(C2CCC(C)N(C(=O)O)C2)nc1C(C)(C)O. The first-order valence-corrected chi connectivity index (χ1v) is 6.90. The molecule has 0 spiro atoms. The van der Waals surface area contributed by atoms with Crippen molar-refractivity contribution in [2.45, 2.75) is 58.1 Å². The highest BCUT2D eigenvalue weighted by Gasteiger charge is 2.34. The molecule has 0 aliphatic carbocycles. The summed E-state index contributed by atoms with van der Waals surface area (Å²) in [6, 6.07) is 0.0218. The number of carbonyl (C=O) groups is 1. The van der Waals surface area contributed by atoms with Gasteiger partial charge in [-0.05, 0) is 40.5 Å². The molecule has 1 aliphatic heterocycles. The maximum atomic E-state index is 11.2. The van der Waals surface area contributed by atoms with Gasteiger partial charge >= 0.3 is 6.09 Å². The van der Waals surface area contributed by atoms with E-state index in [9.17, 15) is 15.0 Å². The second-order valence-corrected chi connectivity index (χ2v) is 6.07. The normalized spacial score (nSPS) is 23.9. The molecule has 1 amide bonds. The fourth-order valence-electron chi connectivity index (χ4n) is 2.73. The molecule has 112 valence electrons. The summed E-state index contributed by atoms with van der Waals surface area (Å²) in [5, 5.41) is 19.2. The number of rotatable bonds is 2. The van der Waals surface area contributed by atoms with Crippen LogP contribution in [0.4, 0.5) is 4.79 Å². The van der Waals surface area contributed by atoms with Gasteiger partial charge in [0, 0.05) is 12.6 Å². The predicted molar refractivity (Wildman–Crippen MR) is 72.7 cm³/mol. The molecule has 2 N–H and O–H groups in total. The number of hydrogen-bond acceptors (Lipinski definition) is 4. The first kappa shape index (κ1) is 14.8. The second kappa shape index (κ2) is 5.09. The van der Waals surface area contributed by atoms with Crippen molar-refractivity contribution in [2.24, 2.45) is 0 Å². The number of amides is 1. The van der Waals surface area contributed by atoms with Crippen molar-refractivity contribution >= 4 is 6.09 Å². The fourth-order valence-corrected chi connectivity index (χ4v) is 2.73. The maximum Gasteiger partial charge on any atom is 0.407 e. The van der Waals surface area contributed by atoms with Gasteiger partial charge in [-0.25, -0.2) is 9.78 Å². The molecule has 6 nitrogen and oxygen atoms in total. The molecule has 2 unspecified atom stereocenters. The van der Waals surface area contributed by atoms with Crippen LogP contribution in [0.3, 0.4) is 0 Å². The number of aliphatic hydroxyl groups is 1. The Kier molecular flexibility index (Phi) is 3.77. The topological polar surface area (TPSA) is 86.8 Å². The molecule has 0 bridgehead atoms. The van der Waals surface area contributed by atoms with Crippen LogP contribution in [-0.2, 0) is 5.60 Å². The van der Waals surface area contributed by atoms with Gasteiger partial charge in [-0.3, -0.25) is 0 Å². The van der Waals surface area contributed by atoms with E-state index in [0.29, 0.717) is 23.9 Å². The van der Waals surface area contributed by atoms with Crippen molar-refractivity contribution < 1.29 is 19.4 Å². The second-order valence-electron chi connectivity index (χ2n) is 6.07. The summed E-state index contributed by atoms with van der Waals surface area (Å²) in [5.74, 6) is 1.07. The molecule has 1 aromatic rings. The molecule has 6 heteroatoms. The molecule has 1 aliphatic rings. The van der Waals surface area contributed by atoms with E-state index >= 15 is 0 Å². The molecular weight excluding hydrogens is 260 g/mol. The van der Waals surface area contributed by atoms with E-state index < -0.39 is 11.7 Å². The lowest BCUT2D eigenvalue weighted by Gasteiger charge is -2.34. The highest BCUT2D eigenvalue weighted by Crippen LogP contribution is 2.32. The maximum absolute atomic E-state index is 11.2. The Morgan fingerprint density at radius 3 is 2.60 bits per heavy atom. The Morgan fingerprint density at radius 2 is 2.10 bits per heavy atom. The van der Waals surface area contributed by atoms with Crippen LogP contribution in [0.5, 0.6) is 0 Å². The van der Waals surface area contributed by atoms with Gasteiger partial charge in [-0.2, -0.15) is 0 Å². The van der Waals surface area contributed by atoms with Gasteiger partial charge in [0.05, 0.1) is 5.92 Å². The third-order valence-corrected chi connectivity index (χ3v) is 3.87. The number of aromatic nitrogens is 1. The van der Waals surface area contributed by atoms with Crippen molar-refractivity contribution in [3.8, 4) is 0 Å². The van der Waals surface area contributed by atoms with E-state index in [0.717, 1.165) is 12.8 Å². The average Bonchev–Trinajstić information content (AvgIpc) is 2.71. The zero-order valence-electron chi connectivity index (χ0n) is 12.4. The molecule has 2 atom stereocenters. The molecule has 1 fully saturated rings. The van der Waals surface area contributed by atoms with Crippen molar-refractivity contribution in [2.75, 3.05) is 6.54 Å². The molecule has 0 aromatic carbocycles. The van der Waals surface area contributed by atoms with Gasteiger partial charge in [-0.1, -0.05) is 0 Å². The first-order chi connectivity index (χ1) is 9.20. The molecule has 2 heterocycles. The van der Waals surface area contributed by atoms with Crippen LogP contribution in [0, 0.1) is 6.92 Å². The lowest BCUT2D eigenvalue weighted by Crippen LogP contribution is -2.44. The third kappa shape index (κ3) is 2.80. The van der Waals surface area contributed by atoms with Crippen molar-refractivity contribution in [3.05, 3.63) is 17.3 Å². The molecule has 2 rings (SSSR count). The van der Waals surface area contributed by atoms with Crippen LogP contribution in [0.15, 0.2) is 4.42 Å². The number of carboxylic acid groups (broad SMARTS) is 1. The number of oxazole rings is 1. The highest BCUT2D eigenvalue weighted by atomic mass is 16.4. The van der Waals surface area contributed by atoms with Gasteiger partial charge < -0.3 is 19.5 Å². The van der Waals surface area contributed by atoms with E-state index in [1.165, 1.54) is 4.90 Å². The fraction of sp³-hybridized carbons (Fsp3) is 0.714. The lowest BCUT2D eigenvalue weighted by molar-refractivity contribution is 0.0726. The monoisotopic (exact) mass is 282 g/mol. The van der Waals surface area contributed by atoms with E-state index in [1.807, 2.05) is 6.92 Å². The number of aryl methyl sites for hydroxylation is 1. The van der Waals surface area contributed by atoms with Crippen LogP contribution in [-0.4, -0.2) is 38.8 Å². The molecule has 0 saturated carbocycles. The lowest BCUT2D eigenvalue weighted by atomic mass is 9.93. The van der Waals surface area contributed by atoms with Crippen molar-refractivity contribution in [3.63, 3.8) is 0 Å². The Bertz CT molecular complexity index is 504.